The fourth-order valence-corrected chi connectivity index (χ4v) is 6.79. The number of aryl methyl sites for hydroxylation is 3. The standard InChI is InChI=1S/C32H38ClN3O4S/c1-22-14-17-28(18-15-22)41(39,40)36(30-19-23(2)13-16-24(30)3)21-31(37)35(20-26-9-5-8-12-29(26)33)25(4)32(38)34-27-10-6-7-11-27/h5,8-9,12-19,25,27H,6-7,10-11,20-21H2,1-4H3,(H,34,38)/t25-/m1/s1. The van der Waals surface area contributed by atoms with E-state index in [4.69, 9.17) is 11.6 Å². The number of nitrogens with zero attached hydrogens (tertiary/aromatic N) is 2. The molecule has 1 saturated carbocycles. The summed E-state index contributed by atoms with van der Waals surface area (Å²) in [6.07, 6.45) is 3.94. The maximum Gasteiger partial charge on any atom is 0.264 e. The van der Waals surface area contributed by atoms with Crippen molar-refractivity contribution in [2.45, 2.75) is 76.9 Å². The molecule has 0 radical (unpaired) electrons. The Labute approximate surface area is 248 Å². The number of sulfonamides is 1. The molecule has 3 aromatic rings. The van der Waals surface area contributed by atoms with Gasteiger partial charge in [-0.25, -0.2) is 8.42 Å². The highest BCUT2D eigenvalue weighted by atomic mass is 35.5. The number of anilines is 1. The number of nitrogens with one attached hydrogen (secondary N) is 1. The smallest absolute Gasteiger partial charge is 0.264 e. The van der Waals surface area contributed by atoms with Crippen LogP contribution in [0.4, 0.5) is 5.69 Å². The van der Waals surface area contributed by atoms with Crippen molar-refractivity contribution in [3.63, 3.8) is 0 Å². The van der Waals surface area contributed by atoms with E-state index in [1.807, 2.05) is 39.0 Å². The Bertz CT molecular complexity index is 1500. The summed E-state index contributed by atoms with van der Waals surface area (Å²) in [6.45, 7) is 6.83. The average Bonchev–Trinajstić information content (AvgIpc) is 3.45. The van der Waals surface area contributed by atoms with E-state index in [2.05, 4.69) is 5.32 Å². The van der Waals surface area contributed by atoms with Crippen LogP contribution >= 0.6 is 11.6 Å². The van der Waals surface area contributed by atoms with Gasteiger partial charge >= 0.3 is 0 Å². The van der Waals surface area contributed by atoms with E-state index in [0.29, 0.717) is 21.8 Å². The number of carbonyl (C=O) groups excluding carboxylic acids is 2. The summed E-state index contributed by atoms with van der Waals surface area (Å²) < 4.78 is 29.3. The van der Waals surface area contributed by atoms with Gasteiger partial charge in [-0.05, 0) is 81.5 Å². The molecular weight excluding hydrogens is 558 g/mol. The molecule has 0 heterocycles. The summed E-state index contributed by atoms with van der Waals surface area (Å²) >= 11 is 6.46. The molecule has 0 saturated heterocycles. The van der Waals surface area contributed by atoms with E-state index < -0.39 is 28.5 Å². The number of rotatable bonds is 10. The number of halogens is 1. The average molecular weight is 596 g/mol. The SMILES string of the molecule is Cc1ccc(S(=O)(=O)N(CC(=O)N(Cc2ccccc2Cl)[C@H](C)C(=O)NC2CCCC2)c2cc(C)ccc2C)cc1. The predicted molar refractivity (Wildman–Crippen MR) is 163 cm³/mol. The lowest BCUT2D eigenvalue weighted by molar-refractivity contribution is -0.139. The van der Waals surface area contributed by atoms with Crippen LogP contribution in [0.1, 0.15) is 54.9 Å². The van der Waals surface area contributed by atoms with Crippen molar-refractivity contribution in [2.75, 3.05) is 10.8 Å². The first kappa shape index (κ1) is 30.6. The molecule has 7 nitrogen and oxygen atoms in total. The number of hydrogen-bond donors (Lipinski definition) is 1. The van der Waals surface area contributed by atoms with E-state index >= 15 is 0 Å². The van der Waals surface area contributed by atoms with Gasteiger partial charge in [-0.2, -0.15) is 0 Å². The minimum Gasteiger partial charge on any atom is -0.352 e. The van der Waals surface area contributed by atoms with E-state index in [0.717, 1.165) is 41.1 Å². The lowest BCUT2D eigenvalue weighted by atomic mass is 10.1. The maximum atomic E-state index is 14.2. The Hall–Kier alpha value is -3.36. The fraction of sp³-hybridized carbons (Fsp3) is 0.375. The summed E-state index contributed by atoms with van der Waals surface area (Å²) in [7, 11) is -4.13. The summed E-state index contributed by atoms with van der Waals surface area (Å²) in [4.78, 5) is 29.0. The van der Waals surface area contributed by atoms with Crippen LogP contribution in [0.2, 0.25) is 5.02 Å². The van der Waals surface area contributed by atoms with Crippen LogP contribution in [0.5, 0.6) is 0 Å². The molecule has 41 heavy (non-hydrogen) atoms. The minimum atomic E-state index is -4.13. The van der Waals surface area contributed by atoms with Crippen LogP contribution in [0.25, 0.3) is 0 Å². The molecule has 2 amide bonds. The van der Waals surface area contributed by atoms with Crippen LogP contribution in [-0.4, -0.2) is 43.8 Å². The Morgan fingerprint density at radius 3 is 2.24 bits per heavy atom. The number of hydrogen-bond acceptors (Lipinski definition) is 4. The molecule has 3 aromatic carbocycles. The molecule has 0 spiro atoms. The number of carbonyl (C=O) groups is 2. The molecule has 1 aliphatic rings. The third-order valence-corrected chi connectivity index (χ3v) is 9.83. The van der Waals surface area contributed by atoms with Crippen LogP contribution in [0.3, 0.4) is 0 Å². The highest BCUT2D eigenvalue weighted by Gasteiger charge is 2.34. The van der Waals surface area contributed by atoms with Gasteiger partial charge in [0.1, 0.15) is 12.6 Å². The first-order chi connectivity index (χ1) is 19.5. The van der Waals surface area contributed by atoms with E-state index in [9.17, 15) is 18.0 Å². The molecule has 9 heteroatoms. The Balaban J connectivity index is 1.73. The number of benzene rings is 3. The van der Waals surface area contributed by atoms with Crippen molar-refractivity contribution in [3.05, 3.63) is 94.0 Å². The van der Waals surface area contributed by atoms with E-state index in [1.54, 1.807) is 55.5 Å². The second kappa shape index (κ2) is 13.1. The first-order valence-electron chi connectivity index (χ1n) is 14.0. The zero-order valence-corrected chi connectivity index (χ0v) is 25.6. The Morgan fingerprint density at radius 2 is 1.59 bits per heavy atom. The van der Waals surface area contributed by atoms with Gasteiger partial charge in [0.05, 0.1) is 10.6 Å². The molecule has 0 bridgehead atoms. The topological polar surface area (TPSA) is 86.8 Å². The van der Waals surface area contributed by atoms with Crippen molar-refractivity contribution >= 4 is 39.1 Å². The molecule has 0 aromatic heterocycles. The second-order valence-corrected chi connectivity index (χ2v) is 13.2. The zero-order chi connectivity index (χ0) is 29.7. The van der Waals surface area contributed by atoms with Crippen molar-refractivity contribution in [3.8, 4) is 0 Å². The maximum absolute atomic E-state index is 14.2. The molecule has 1 fully saturated rings. The van der Waals surface area contributed by atoms with Gasteiger partial charge in [0.25, 0.3) is 10.0 Å². The van der Waals surface area contributed by atoms with Crippen molar-refractivity contribution in [2.24, 2.45) is 0 Å². The lowest BCUT2D eigenvalue weighted by Crippen LogP contribution is -2.52. The van der Waals surface area contributed by atoms with Gasteiger partial charge in [0.2, 0.25) is 11.8 Å². The molecular formula is C32H38ClN3O4S. The highest BCUT2D eigenvalue weighted by molar-refractivity contribution is 7.92. The van der Waals surface area contributed by atoms with Crippen LogP contribution < -0.4 is 9.62 Å². The molecule has 218 valence electrons. The molecule has 1 aliphatic carbocycles. The molecule has 1 N–H and O–H groups in total. The second-order valence-electron chi connectivity index (χ2n) is 10.9. The minimum absolute atomic E-state index is 0.0585. The van der Waals surface area contributed by atoms with Crippen LogP contribution in [-0.2, 0) is 26.2 Å². The summed E-state index contributed by atoms with van der Waals surface area (Å²) in [5, 5.41) is 3.54. The third-order valence-electron chi connectivity index (χ3n) is 7.69. The third kappa shape index (κ3) is 7.29. The van der Waals surface area contributed by atoms with Crippen molar-refractivity contribution in [1.82, 2.24) is 10.2 Å². The van der Waals surface area contributed by atoms with Gasteiger partial charge in [0.15, 0.2) is 0 Å². The normalized spacial score (nSPS) is 14.5. The molecule has 1 atom stereocenters. The summed E-state index contributed by atoms with van der Waals surface area (Å²) in [5.74, 6) is -0.771. The zero-order valence-electron chi connectivity index (χ0n) is 24.1. The fourth-order valence-electron chi connectivity index (χ4n) is 5.12. The van der Waals surface area contributed by atoms with Gasteiger partial charge in [0, 0.05) is 17.6 Å². The monoisotopic (exact) mass is 595 g/mol. The highest BCUT2D eigenvalue weighted by Crippen LogP contribution is 2.29. The van der Waals surface area contributed by atoms with Gasteiger partial charge < -0.3 is 10.2 Å². The van der Waals surface area contributed by atoms with Gasteiger partial charge in [-0.1, -0.05) is 72.5 Å². The van der Waals surface area contributed by atoms with Crippen molar-refractivity contribution in [1.29, 1.82) is 0 Å². The Kier molecular flexibility index (Phi) is 9.76. The predicted octanol–water partition coefficient (Wildman–Crippen LogP) is 5.94. The van der Waals surface area contributed by atoms with Gasteiger partial charge in [-0.3, -0.25) is 13.9 Å². The van der Waals surface area contributed by atoms with E-state index in [1.165, 1.54) is 4.90 Å². The molecule has 4 rings (SSSR count). The van der Waals surface area contributed by atoms with Crippen LogP contribution in [0, 0.1) is 20.8 Å². The summed E-state index contributed by atoms with van der Waals surface area (Å²) in [5.41, 5.74) is 3.58. The van der Waals surface area contributed by atoms with Gasteiger partial charge in [-0.15, -0.1) is 0 Å². The van der Waals surface area contributed by atoms with Crippen molar-refractivity contribution < 1.29 is 18.0 Å². The first-order valence-corrected chi connectivity index (χ1v) is 15.8. The summed E-state index contributed by atoms with van der Waals surface area (Å²) in [6, 6.07) is 18.4. The lowest BCUT2D eigenvalue weighted by Gasteiger charge is -2.33. The van der Waals surface area contributed by atoms with E-state index in [-0.39, 0.29) is 23.4 Å². The largest absolute Gasteiger partial charge is 0.352 e. The molecule has 0 aliphatic heterocycles. The Morgan fingerprint density at radius 1 is 0.951 bits per heavy atom. The molecule has 0 unspecified atom stereocenters. The quantitative estimate of drug-likeness (QED) is 0.314. The number of amides is 2. The van der Waals surface area contributed by atoms with Crippen LogP contribution in [0.15, 0.2) is 71.6 Å².